The molecule has 2 aliphatic carbocycles. The van der Waals surface area contributed by atoms with Gasteiger partial charge < -0.3 is 4.74 Å². The van der Waals surface area contributed by atoms with Gasteiger partial charge in [-0.05, 0) is 31.1 Å². The van der Waals surface area contributed by atoms with Gasteiger partial charge in [0.1, 0.15) is 0 Å². The maximum atomic E-state index is 11.2. The zero-order chi connectivity index (χ0) is 7.84. The van der Waals surface area contributed by atoms with Crippen molar-refractivity contribution < 1.29 is 9.53 Å². The normalized spacial score (nSPS) is 41.0. The summed E-state index contributed by atoms with van der Waals surface area (Å²) in [5, 5.41) is 0. The zero-order valence-corrected chi connectivity index (χ0v) is 6.88. The van der Waals surface area contributed by atoms with Crippen molar-refractivity contribution in [2.75, 3.05) is 7.11 Å². The third kappa shape index (κ3) is 1.05. The highest BCUT2D eigenvalue weighted by Gasteiger charge is 2.43. The molecule has 2 saturated carbocycles. The number of hydrogen-bond donors (Lipinski definition) is 0. The number of ether oxygens (including phenoxy) is 1. The summed E-state index contributed by atoms with van der Waals surface area (Å²) < 4.78 is 4.75. The maximum Gasteiger partial charge on any atom is 0.308 e. The van der Waals surface area contributed by atoms with Crippen molar-refractivity contribution in [3.63, 3.8) is 0 Å². The van der Waals surface area contributed by atoms with Gasteiger partial charge in [-0.15, -0.1) is 0 Å². The summed E-state index contributed by atoms with van der Waals surface area (Å²) in [5.41, 5.74) is 0. The second-order valence-electron chi connectivity index (χ2n) is 3.80. The van der Waals surface area contributed by atoms with Crippen LogP contribution in [0.2, 0.25) is 0 Å². The summed E-state index contributed by atoms with van der Waals surface area (Å²) in [5.74, 6) is 1.77. The Morgan fingerprint density at radius 2 is 2.18 bits per heavy atom. The van der Waals surface area contributed by atoms with Crippen molar-refractivity contribution in [3.05, 3.63) is 0 Å². The molecule has 0 aromatic rings. The summed E-state index contributed by atoms with van der Waals surface area (Å²) >= 11 is 0. The van der Waals surface area contributed by atoms with E-state index >= 15 is 0 Å². The van der Waals surface area contributed by atoms with Gasteiger partial charge in [0.05, 0.1) is 13.0 Å². The molecule has 0 unspecified atom stereocenters. The number of fused-ring (bicyclic) bond motifs is 2. The minimum atomic E-state index is 0.0252. The Labute approximate surface area is 66.9 Å². The Bertz CT molecular complexity index is 176. The summed E-state index contributed by atoms with van der Waals surface area (Å²) in [4.78, 5) is 11.2. The quantitative estimate of drug-likeness (QED) is 0.536. The van der Waals surface area contributed by atoms with E-state index in [1.165, 1.54) is 26.4 Å². The van der Waals surface area contributed by atoms with E-state index in [2.05, 4.69) is 0 Å². The van der Waals surface area contributed by atoms with Gasteiger partial charge in [0.25, 0.3) is 0 Å². The number of methoxy groups -OCH3 is 1. The highest BCUT2D eigenvalue weighted by atomic mass is 16.5. The predicted molar refractivity (Wildman–Crippen MR) is 41.0 cm³/mol. The second kappa shape index (κ2) is 2.50. The number of esters is 1. The van der Waals surface area contributed by atoms with Crippen LogP contribution in [0.15, 0.2) is 0 Å². The summed E-state index contributed by atoms with van der Waals surface area (Å²) in [6.07, 6.45) is 4.97. The van der Waals surface area contributed by atoms with Crippen LogP contribution in [0, 0.1) is 17.8 Å². The van der Waals surface area contributed by atoms with Gasteiger partial charge in [-0.25, -0.2) is 0 Å². The monoisotopic (exact) mass is 154 g/mol. The largest absolute Gasteiger partial charge is 0.469 e. The fourth-order valence-electron chi connectivity index (χ4n) is 2.68. The Kier molecular flexibility index (Phi) is 1.63. The van der Waals surface area contributed by atoms with E-state index in [0.717, 1.165) is 12.3 Å². The van der Waals surface area contributed by atoms with Crippen LogP contribution in [0.1, 0.15) is 25.7 Å². The smallest absolute Gasteiger partial charge is 0.308 e. The molecule has 2 heteroatoms. The van der Waals surface area contributed by atoms with E-state index in [0.29, 0.717) is 5.92 Å². The maximum absolute atomic E-state index is 11.2. The standard InChI is InChI=1S/C9H14O2/c1-11-9(10)8-5-6-2-3-7(8)4-6/h6-8H,2-5H2,1H3/t6-,7-,8+/m1/s1. The molecule has 0 aliphatic heterocycles. The molecule has 62 valence electrons. The third-order valence-electron chi connectivity index (χ3n) is 3.24. The zero-order valence-electron chi connectivity index (χ0n) is 6.88. The SMILES string of the molecule is COC(=O)[C@H]1C[C@@H]2CC[C@@H]1C2. The first-order valence-corrected chi connectivity index (χ1v) is 4.39. The molecule has 2 bridgehead atoms. The number of carbonyl (C=O) groups is 1. The van der Waals surface area contributed by atoms with E-state index in [1.807, 2.05) is 0 Å². The van der Waals surface area contributed by atoms with Gasteiger partial charge in [0.2, 0.25) is 0 Å². The first kappa shape index (κ1) is 7.14. The molecule has 0 saturated heterocycles. The number of rotatable bonds is 1. The van der Waals surface area contributed by atoms with Crippen molar-refractivity contribution in [3.8, 4) is 0 Å². The van der Waals surface area contributed by atoms with E-state index in [4.69, 9.17) is 4.74 Å². The van der Waals surface area contributed by atoms with Gasteiger partial charge in [-0.1, -0.05) is 6.42 Å². The average Bonchev–Trinajstić information content (AvgIpc) is 2.62. The molecule has 2 rings (SSSR count). The average molecular weight is 154 g/mol. The minimum Gasteiger partial charge on any atom is -0.469 e. The van der Waals surface area contributed by atoms with Crippen LogP contribution in [-0.4, -0.2) is 13.1 Å². The summed E-state index contributed by atoms with van der Waals surface area (Å²) in [6.45, 7) is 0. The Morgan fingerprint density at radius 1 is 1.36 bits per heavy atom. The van der Waals surface area contributed by atoms with Crippen molar-refractivity contribution in [2.24, 2.45) is 17.8 Å². The molecule has 0 amide bonds. The third-order valence-corrected chi connectivity index (χ3v) is 3.24. The van der Waals surface area contributed by atoms with E-state index in [-0.39, 0.29) is 11.9 Å². The molecule has 0 radical (unpaired) electrons. The molecular weight excluding hydrogens is 140 g/mol. The molecule has 0 spiro atoms. The molecule has 0 aromatic heterocycles. The second-order valence-corrected chi connectivity index (χ2v) is 3.80. The van der Waals surface area contributed by atoms with Crippen LogP contribution < -0.4 is 0 Å². The molecule has 2 aliphatic rings. The molecule has 0 heterocycles. The van der Waals surface area contributed by atoms with Gasteiger partial charge in [-0.2, -0.15) is 0 Å². The molecule has 3 atom stereocenters. The van der Waals surface area contributed by atoms with Crippen molar-refractivity contribution in [1.29, 1.82) is 0 Å². The molecule has 2 nitrogen and oxygen atoms in total. The lowest BCUT2D eigenvalue weighted by Gasteiger charge is -2.18. The lowest BCUT2D eigenvalue weighted by atomic mass is 9.89. The van der Waals surface area contributed by atoms with Crippen LogP contribution in [0.25, 0.3) is 0 Å². The lowest BCUT2D eigenvalue weighted by Crippen LogP contribution is -2.21. The minimum absolute atomic E-state index is 0.0252. The van der Waals surface area contributed by atoms with Gasteiger partial charge in [0.15, 0.2) is 0 Å². The lowest BCUT2D eigenvalue weighted by molar-refractivity contribution is -0.147. The van der Waals surface area contributed by atoms with Crippen molar-refractivity contribution in [2.45, 2.75) is 25.7 Å². The van der Waals surface area contributed by atoms with Crippen LogP contribution in [0.3, 0.4) is 0 Å². The Morgan fingerprint density at radius 3 is 2.64 bits per heavy atom. The summed E-state index contributed by atoms with van der Waals surface area (Å²) in [6, 6.07) is 0. The topological polar surface area (TPSA) is 26.3 Å². The molecule has 2 fully saturated rings. The van der Waals surface area contributed by atoms with E-state index in [1.54, 1.807) is 0 Å². The van der Waals surface area contributed by atoms with Crippen LogP contribution >= 0.6 is 0 Å². The van der Waals surface area contributed by atoms with Gasteiger partial charge >= 0.3 is 5.97 Å². The number of carbonyl (C=O) groups excluding carboxylic acids is 1. The molecular formula is C9H14O2. The number of hydrogen-bond acceptors (Lipinski definition) is 2. The first-order valence-electron chi connectivity index (χ1n) is 4.39. The molecule has 0 N–H and O–H groups in total. The van der Waals surface area contributed by atoms with Gasteiger partial charge in [-0.3, -0.25) is 4.79 Å². The summed E-state index contributed by atoms with van der Waals surface area (Å²) in [7, 11) is 1.49. The van der Waals surface area contributed by atoms with E-state index < -0.39 is 0 Å². The Hall–Kier alpha value is -0.530. The van der Waals surface area contributed by atoms with Gasteiger partial charge in [0, 0.05) is 0 Å². The highest BCUT2D eigenvalue weighted by molar-refractivity contribution is 5.73. The fraction of sp³-hybridized carbons (Fsp3) is 0.889. The van der Waals surface area contributed by atoms with E-state index in [9.17, 15) is 4.79 Å². The van der Waals surface area contributed by atoms with Crippen LogP contribution in [0.5, 0.6) is 0 Å². The van der Waals surface area contributed by atoms with Crippen molar-refractivity contribution >= 4 is 5.97 Å². The Balaban J connectivity index is 2.02. The molecule has 0 aromatic carbocycles. The van der Waals surface area contributed by atoms with Crippen LogP contribution in [0.4, 0.5) is 0 Å². The van der Waals surface area contributed by atoms with Crippen molar-refractivity contribution in [1.82, 2.24) is 0 Å². The van der Waals surface area contributed by atoms with Crippen LogP contribution in [-0.2, 0) is 9.53 Å². The predicted octanol–water partition coefficient (Wildman–Crippen LogP) is 1.60. The first-order chi connectivity index (χ1) is 5.31. The molecule has 11 heavy (non-hydrogen) atoms. The highest BCUT2D eigenvalue weighted by Crippen LogP contribution is 2.48. The fourth-order valence-corrected chi connectivity index (χ4v) is 2.68.